The van der Waals surface area contributed by atoms with E-state index in [1.54, 1.807) is 0 Å². The predicted octanol–water partition coefficient (Wildman–Crippen LogP) is 5.52. The van der Waals surface area contributed by atoms with Gasteiger partial charge in [-0.3, -0.25) is 0 Å². The van der Waals surface area contributed by atoms with Gasteiger partial charge in [-0.1, -0.05) is 68.2 Å². The first-order valence-electron chi connectivity index (χ1n) is 7.10. The van der Waals surface area contributed by atoms with E-state index >= 15 is 0 Å². The van der Waals surface area contributed by atoms with E-state index in [4.69, 9.17) is 4.42 Å². The zero-order valence-corrected chi connectivity index (χ0v) is 13.3. The smallest absolute Gasteiger partial charge is 0.134 e. The largest absolute Gasteiger partial charge is 0.461 e. The normalized spacial score (nSPS) is 11.9. The first kappa shape index (κ1) is 13.2. The number of benzene rings is 2. The third-order valence-corrected chi connectivity index (χ3v) is 4.80. The molecule has 102 valence electrons. The minimum Gasteiger partial charge on any atom is -0.461 e. The van der Waals surface area contributed by atoms with Gasteiger partial charge in [-0.05, 0) is 11.6 Å². The van der Waals surface area contributed by atoms with Crippen molar-refractivity contribution in [2.45, 2.75) is 25.7 Å². The van der Waals surface area contributed by atoms with Crippen LogP contribution >= 0.6 is 0 Å². The first-order chi connectivity index (χ1) is 9.54. The average molecular weight is 280 g/mol. The third kappa shape index (κ3) is 2.56. The van der Waals surface area contributed by atoms with Gasteiger partial charge in [0.1, 0.15) is 11.3 Å². The highest BCUT2D eigenvalue weighted by Crippen LogP contribution is 2.36. The van der Waals surface area contributed by atoms with E-state index in [2.05, 4.69) is 68.2 Å². The van der Waals surface area contributed by atoms with Gasteiger partial charge in [-0.2, -0.15) is 0 Å². The van der Waals surface area contributed by atoms with E-state index in [9.17, 15) is 0 Å². The molecule has 0 aliphatic carbocycles. The van der Waals surface area contributed by atoms with Crippen molar-refractivity contribution in [3.05, 3.63) is 60.4 Å². The molecular weight excluding hydrogens is 260 g/mol. The highest BCUT2D eigenvalue weighted by molar-refractivity contribution is 6.75. The fourth-order valence-electron chi connectivity index (χ4n) is 2.62. The van der Waals surface area contributed by atoms with Crippen molar-refractivity contribution < 1.29 is 4.42 Å². The lowest BCUT2D eigenvalue weighted by molar-refractivity contribution is 0.571. The molecule has 0 aliphatic rings. The Hall–Kier alpha value is -1.80. The molecule has 0 bridgehead atoms. The molecular formula is C18H20OSi. The van der Waals surface area contributed by atoms with Gasteiger partial charge in [-0.25, -0.2) is 0 Å². The summed E-state index contributed by atoms with van der Waals surface area (Å²) in [5.41, 5.74) is 3.54. The Kier molecular flexibility index (Phi) is 3.26. The van der Waals surface area contributed by atoms with Crippen LogP contribution in [-0.2, 0) is 6.04 Å². The van der Waals surface area contributed by atoms with Gasteiger partial charge in [0.2, 0.25) is 0 Å². The molecule has 0 radical (unpaired) electrons. The van der Waals surface area contributed by atoms with Crippen LogP contribution in [0.4, 0.5) is 0 Å². The van der Waals surface area contributed by atoms with Crippen molar-refractivity contribution in [2.24, 2.45) is 0 Å². The van der Waals surface area contributed by atoms with Crippen LogP contribution in [0.15, 0.2) is 59.0 Å². The third-order valence-electron chi connectivity index (χ3n) is 3.42. The Labute approximate surface area is 121 Å². The number of furan rings is 1. The average Bonchev–Trinajstić information content (AvgIpc) is 2.75. The highest BCUT2D eigenvalue weighted by atomic mass is 28.3. The Balaban J connectivity index is 2.24. The zero-order chi connectivity index (χ0) is 14.2. The fraction of sp³-hybridized carbons (Fsp3) is 0.222. The summed E-state index contributed by atoms with van der Waals surface area (Å²) in [7, 11) is -1.22. The molecule has 1 aromatic heterocycles. The molecule has 0 unspecified atom stereocenters. The Morgan fingerprint density at radius 2 is 1.50 bits per heavy atom. The van der Waals surface area contributed by atoms with Crippen molar-refractivity contribution in [3.63, 3.8) is 0 Å². The molecule has 0 N–H and O–H groups in total. The van der Waals surface area contributed by atoms with E-state index < -0.39 is 8.07 Å². The van der Waals surface area contributed by atoms with Crippen LogP contribution in [0.2, 0.25) is 19.6 Å². The standard InChI is InChI=1S/C18H20OSi/c1-20(2,3)13-17-18(14-9-5-4-6-10-14)15-11-7-8-12-16(15)19-17/h4-12H,13H2,1-3H3. The molecule has 0 aliphatic heterocycles. The van der Waals surface area contributed by atoms with Crippen molar-refractivity contribution in [2.75, 3.05) is 0 Å². The molecule has 3 aromatic rings. The second-order valence-corrected chi connectivity index (χ2v) is 12.0. The maximum absolute atomic E-state index is 6.16. The molecule has 0 fully saturated rings. The summed E-state index contributed by atoms with van der Waals surface area (Å²) < 4.78 is 6.16. The summed E-state index contributed by atoms with van der Waals surface area (Å²) in [6, 6.07) is 20.0. The Bertz CT molecular complexity index is 720. The van der Waals surface area contributed by atoms with Gasteiger partial charge >= 0.3 is 0 Å². The summed E-state index contributed by atoms with van der Waals surface area (Å²) in [4.78, 5) is 0. The van der Waals surface area contributed by atoms with Crippen molar-refractivity contribution in [3.8, 4) is 11.1 Å². The quantitative estimate of drug-likeness (QED) is 0.576. The van der Waals surface area contributed by atoms with E-state index in [1.165, 1.54) is 16.5 Å². The predicted molar refractivity (Wildman–Crippen MR) is 88.7 cm³/mol. The monoisotopic (exact) mass is 280 g/mol. The number of fused-ring (bicyclic) bond motifs is 1. The van der Waals surface area contributed by atoms with Crippen LogP contribution in [0.25, 0.3) is 22.1 Å². The lowest BCUT2D eigenvalue weighted by Crippen LogP contribution is -2.23. The second-order valence-electron chi connectivity index (χ2n) is 6.50. The minimum absolute atomic E-state index is 1.000. The topological polar surface area (TPSA) is 13.1 Å². The number of para-hydroxylation sites is 1. The molecule has 0 atom stereocenters. The summed E-state index contributed by atoms with van der Waals surface area (Å²) in [5.74, 6) is 1.15. The van der Waals surface area contributed by atoms with Gasteiger partial charge in [0, 0.05) is 17.0 Å². The van der Waals surface area contributed by atoms with Crippen LogP contribution in [0.3, 0.4) is 0 Å². The number of rotatable bonds is 3. The number of hydrogen-bond donors (Lipinski definition) is 0. The van der Waals surface area contributed by atoms with Gasteiger partial charge in [0.25, 0.3) is 0 Å². The second kappa shape index (κ2) is 4.95. The van der Waals surface area contributed by atoms with Crippen molar-refractivity contribution >= 4 is 19.0 Å². The van der Waals surface area contributed by atoms with E-state index in [1.807, 2.05) is 6.07 Å². The first-order valence-corrected chi connectivity index (χ1v) is 10.8. The molecule has 2 heteroatoms. The van der Waals surface area contributed by atoms with Gasteiger partial charge in [0.15, 0.2) is 0 Å². The Morgan fingerprint density at radius 3 is 2.20 bits per heavy atom. The molecule has 1 nitrogen and oxygen atoms in total. The maximum atomic E-state index is 6.16. The molecule has 2 aromatic carbocycles. The zero-order valence-electron chi connectivity index (χ0n) is 12.3. The fourth-order valence-corrected chi connectivity index (χ4v) is 3.84. The molecule has 0 spiro atoms. The minimum atomic E-state index is -1.22. The van der Waals surface area contributed by atoms with Gasteiger partial charge in [-0.15, -0.1) is 0 Å². The van der Waals surface area contributed by atoms with Crippen LogP contribution in [0.5, 0.6) is 0 Å². The number of hydrogen-bond acceptors (Lipinski definition) is 1. The maximum Gasteiger partial charge on any atom is 0.134 e. The summed E-state index contributed by atoms with van der Waals surface area (Å²) >= 11 is 0. The van der Waals surface area contributed by atoms with E-state index in [0.29, 0.717) is 0 Å². The molecule has 0 saturated heterocycles. The van der Waals surface area contributed by atoms with Crippen molar-refractivity contribution in [1.29, 1.82) is 0 Å². The molecule has 1 heterocycles. The van der Waals surface area contributed by atoms with E-state index in [0.717, 1.165) is 17.4 Å². The SMILES string of the molecule is C[Si](C)(C)Cc1oc2ccccc2c1-c1ccccc1. The van der Waals surface area contributed by atoms with Gasteiger partial charge in [0.05, 0.1) is 8.07 Å². The van der Waals surface area contributed by atoms with Crippen LogP contribution in [0, 0.1) is 0 Å². The Morgan fingerprint density at radius 1 is 0.850 bits per heavy atom. The molecule has 20 heavy (non-hydrogen) atoms. The lowest BCUT2D eigenvalue weighted by Gasteiger charge is -2.15. The summed E-state index contributed by atoms with van der Waals surface area (Å²) in [6.45, 7) is 7.15. The van der Waals surface area contributed by atoms with Crippen LogP contribution in [0.1, 0.15) is 5.76 Å². The van der Waals surface area contributed by atoms with Crippen LogP contribution in [-0.4, -0.2) is 8.07 Å². The van der Waals surface area contributed by atoms with Gasteiger partial charge < -0.3 is 4.42 Å². The highest BCUT2D eigenvalue weighted by Gasteiger charge is 2.22. The van der Waals surface area contributed by atoms with Crippen molar-refractivity contribution in [1.82, 2.24) is 0 Å². The summed E-state index contributed by atoms with van der Waals surface area (Å²) in [6.07, 6.45) is 0. The van der Waals surface area contributed by atoms with Crippen LogP contribution < -0.4 is 0 Å². The van der Waals surface area contributed by atoms with E-state index in [-0.39, 0.29) is 0 Å². The molecule has 3 rings (SSSR count). The summed E-state index contributed by atoms with van der Waals surface area (Å²) in [5, 5.41) is 1.23. The molecule has 0 saturated carbocycles. The molecule has 0 amide bonds. The lowest BCUT2D eigenvalue weighted by atomic mass is 10.0.